The zero-order chi connectivity index (χ0) is 19.2. The number of rotatable bonds is 6. The minimum absolute atomic E-state index is 0.804. The van der Waals surface area contributed by atoms with Gasteiger partial charge in [-0.1, -0.05) is 6.07 Å². The number of piperazine rings is 1. The molecular formula is C20H29N7O. The van der Waals surface area contributed by atoms with Gasteiger partial charge in [0.25, 0.3) is 0 Å². The smallest absolute Gasteiger partial charge is 0.134 e. The molecule has 2 aromatic rings. The van der Waals surface area contributed by atoms with Crippen molar-refractivity contribution in [3.05, 3.63) is 36.3 Å². The molecule has 0 unspecified atom stereocenters. The van der Waals surface area contributed by atoms with Crippen LogP contribution in [0.4, 0.5) is 17.5 Å². The number of ether oxygens (including phenoxy) is 1. The Bertz CT molecular complexity index is 743. The van der Waals surface area contributed by atoms with E-state index in [1.165, 1.54) is 0 Å². The van der Waals surface area contributed by atoms with Crippen LogP contribution in [0.15, 0.2) is 30.5 Å². The number of morpholine rings is 1. The van der Waals surface area contributed by atoms with E-state index in [-0.39, 0.29) is 0 Å². The molecule has 0 bridgehead atoms. The van der Waals surface area contributed by atoms with Crippen molar-refractivity contribution < 1.29 is 4.74 Å². The second kappa shape index (κ2) is 9.16. The van der Waals surface area contributed by atoms with E-state index in [9.17, 15) is 0 Å². The van der Waals surface area contributed by atoms with Gasteiger partial charge in [-0.05, 0) is 19.1 Å². The Balaban J connectivity index is 1.32. The molecule has 2 aliphatic heterocycles. The fourth-order valence-corrected chi connectivity index (χ4v) is 3.68. The summed E-state index contributed by atoms with van der Waals surface area (Å²) in [6.07, 6.45) is 1.85. The van der Waals surface area contributed by atoms with Crippen LogP contribution in [0, 0.1) is 6.92 Å². The molecule has 0 spiro atoms. The molecule has 2 saturated heterocycles. The minimum atomic E-state index is 0.804. The third kappa shape index (κ3) is 4.88. The van der Waals surface area contributed by atoms with Crippen molar-refractivity contribution in [3.63, 3.8) is 0 Å². The molecule has 0 atom stereocenters. The Morgan fingerprint density at radius 3 is 2.43 bits per heavy atom. The lowest BCUT2D eigenvalue weighted by Gasteiger charge is -2.36. The lowest BCUT2D eigenvalue weighted by molar-refractivity contribution is 0.0398. The molecule has 8 nitrogen and oxygen atoms in total. The minimum Gasteiger partial charge on any atom is -0.379 e. The summed E-state index contributed by atoms with van der Waals surface area (Å²) in [5.41, 5.74) is 0. The summed E-state index contributed by atoms with van der Waals surface area (Å²) in [5, 5.41) is 3.47. The summed E-state index contributed by atoms with van der Waals surface area (Å²) in [4.78, 5) is 20.8. The summed E-state index contributed by atoms with van der Waals surface area (Å²) < 4.78 is 5.40. The largest absolute Gasteiger partial charge is 0.379 e. The molecule has 2 fully saturated rings. The molecule has 1 N–H and O–H groups in total. The van der Waals surface area contributed by atoms with Gasteiger partial charge in [-0.2, -0.15) is 0 Å². The van der Waals surface area contributed by atoms with Crippen molar-refractivity contribution in [1.82, 2.24) is 19.9 Å². The number of anilines is 3. The maximum absolute atomic E-state index is 5.40. The Kier molecular flexibility index (Phi) is 6.18. The van der Waals surface area contributed by atoms with Gasteiger partial charge in [0.2, 0.25) is 0 Å². The van der Waals surface area contributed by atoms with Crippen LogP contribution in [-0.2, 0) is 4.74 Å². The molecule has 0 aromatic carbocycles. The Labute approximate surface area is 166 Å². The Morgan fingerprint density at radius 2 is 1.71 bits per heavy atom. The second-order valence-corrected chi connectivity index (χ2v) is 7.20. The first-order valence-corrected chi connectivity index (χ1v) is 10.1. The van der Waals surface area contributed by atoms with E-state index in [1.807, 2.05) is 25.3 Å². The highest BCUT2D eigenvalue weighted by Crippen LogP contribution is 2.20. The average Bonchev–Trinajstić information content (AvgIpc) is 2.75. The summed E-state index contributed by atoms with van der Waals surface area (Å²) in [5.74, 6) is 3.76. The Hall–Kier alpha value is -2.45. The van der Waals surface area contributed by atoms with Gasteiger partial charge in [-0.3, -0.25) is 4.90 Å². The quantitative estimate of drug-likeness (QED) is 0.799. The van der Waals surface area contributed by atoms with E-state index in [2.05, 4.69) is 47.1 Å². The fraction of sp³-hybridized carbons (Fsp3) is 0.550. The van der Waals surface area contributed by atoms with Crippen LogP contribution in [-0.4, -0.2) is 85.4 Å². The van der Waals surface area contributed by atoms with Crippen LogP contribution in [0.1, 0.15) is 5.82 Å². The van der Waals surface area contributed by atoms with Gasteiger partial charge in [-0.25, -0.2) is 15.0 Å². The number of hydrogen-bond acceptors (Lipinski definition) is 8. The predicted molar refractivity (Wildman–Crippen MR) is 111 cm³/mol. The molecule has 4 heterocycles. The highest BCUT2D eigenvalue weighted by atomic mass is 16.5. The van der Waals surface area contributed by atoms with Gasteiger partial charge in [0.1, 0.15) is 23.3 Å². The molecule has 4 rings (SSSR count). The lowest BCUT2D eigenvalue weighted by Crippen LogP contribution is -2.47. The highest BCUT2D eigenvalue weighted by Gasteiger charge is 2.20. The molecule has 28 heavy (non-hydrogen) atoms. The molecule has 0 saturated carbocycles. The van der Waals surface area contributed by atoms with E-state index in [4.69, 9.17) is 4.74 Å². The predicted octanol–water partition coefficient (Wildman–Crippen LogP) is 1.25. The first-order chi connectivity index (χ1) is 13.8. The van der Waals surface area contributed by atoms with Crippen molar-refractivity contribution >= 4 is 17.5 Å². The van der Waals surface area contributed by atoms with Crippen molar-refractivity contribution in [2.75, 3.05) is 80.7 Å². The van der Waals surface area contributed by atoms with Crippen LogP contribution in [0.2, 0.25) is 0 Å². The maximum atomic E-state index is 5.40. The van der Waals surface area contributed by atoms with Crippen molar-refractivity contribution in [2.45, 2.75) is 6.92 Å². The van der Waals surface area contributed by atoms with E-state index < -0.39 is 0 Å². The molecular weight excluding hydrogens is 354 g/mol. The maximum Gasteiger partial charge on any atom is 0.134 e. The number of pyridine rings is 1. The SMILES string of the molecule is Cc1nc(NCCN2CCOCC2)cc(N2CCN(c3ccccn3)CC2)n1. The Morgan fingerprint density at radius 1 is 0.964 bits per heavy atom. The molecule has 2 aliphatic rings. The van der Waals surface area contributed by atoms with Gasteiger partial charge in [0.15, 0.2) is 0 Å². The van der Waals surface area contributed by atoms with Crippen molar-refractivity contribution in [3.8, 4) is 0 Å². The van der Waals surface area contributed by atoms with Crippen LogP contribution < -0.4 is 15.1 Å². The summed E-state index contributed by atoms with van der Waals surface area (Å²) in [6.45, 7) is 11.3. The standard InChI is InChI=1S/C20H29N7O/c1-17-23-18(21-6-7-25-12-14-28-15-13-25)16-20(24-17)27-10-8-26(9-11-27)19-4-2-3-5-22-19/h2-5,16H,6-15H2,1H3,(H,21,23,24). The number of aryl methyl sites for hydroxylation is 1. The third-order valence-electron chi connectivity index (χ3n) is 5.24. The fourth-order valence-electron chi connectivity index (χ4n) is 3.68. The molecule has 150 valence electrons. The molecule has 0 radical (unpaired) electrons. The molecule has 0 aliphatic carbocycles. The van der Waals surface area contributed by atoms with E-state index in [0.29, 0.717) is 0 Å². The highest BCUT2D eigenvalue weighted by molar-refractivity contribution is 5.51. The average molecular weight is 384 g/mol. The normalized spacial score (nSPS) is 18.3. The van der Waals surface area contributed by atoms with E-state index in [0.717, 1.165) is 88.8 Å². The van der Waals surface area contributed by atoms with Crippen LogP contribution in [0.25, 0.3) is 0 Å². The molecule has 0 amide bonds. The van der Waals surface area contributed by atoms with Gasteiger partial charge >= 0.3 is 0 Å². The van der Waals surface area contributed by atoms with Gasteiger partial charge in [0.05, 0.1) is 13.2 Å². The number of aromatic nitrogens is 3. The van der Waals surface area contributed by atoms with E-state index >= 15 is 0 Å². The molecule has 2 aromatic heterocycles. The summed E-state index contributed by atoms with van der Waals surface area (Å²) >= 11 is 0. The monoisotopic (exact) mass is 383 g/mol. The molecule has 8 heteroatoms. The number of hydrogen-bond donors (Lipinski definition) is 1. The zero-order valence-electron chi connectivity index (χ0n) is 16.5. The second-order valence-electron chi connectivity index (χ2n) is 7.20. The topological polar surface area (TPSA) is 69.7 Å². The first-order valence-electron chi connectivity index (χ1n) is 10.1. The zero-order valence-corrected chi connectivity index (χ0v) is 16.5. The van der Waals surface area contributed by atoms with Gasteiger partial charge in [-0.15, -0.1) is 0 Å². The van der Waals surface area contributed by atoms with Crippen LogP contribution in [0.3, 0.4) is 0 Å². The summed E-state index contributed by atoms with van der Waals surface area (Å²) in [7, 11) is 0. The van der Waals surface area contributed by atoms with Crippen LogP contribution >= 0.6 is 0 Å². The summed E-state index contributed by atoms with van der Waals surface area (Å²) in [6, 6.07) is 8.14. The first kappa shape index (κ1) is 18.9. The lowest BCUT2D eigenvalue weighted by atomic mass is 10.3. The van der Waals surface area contributed by atoms with Crippen molar-refractivity contribution in [2.24, 2.45) is 0 Å². The third-order valence-corrected chi connectivity index (χ3v) is 5.24. The van der Waals surface area contributed by atoms with E-state index in [1.54, 1.807) is 0 Å². The van der Waals surface area contributed by atoms with Crippen molar-refractivity contribution in [1.29, 1.82) is 0 Å². The van der Waals surface area contributed by atoms with Crippen LogP contribution in [0.5, 0.6) is 0 Å². The van der Waals surface area contributed by atoms with Gasteiger partial charge in [0, 0.05) is 64.6 Å². The van der Waals surface area contributed by atoms with Gasteiger partial charge < -0.3 is 19.9 Å². The number of nitrogens with one attached hydrogen (secondary N) is 1. The number of nitrogens with zero attached hydrogens (tertiary/aromatic N) is 6.